The summed E-state index contributed by atoms with van der Waals surface area (Å²) in [5.41, 5.74) is 1.17. The van der Waals surface area contributed by atoms with Crippen molar-refractivity contribution in [1.29, 1.82) is 0 Å². The number of hydrogen-bond acceptors (Lipinski definition) is 4. The van der Waals surface area contributed by atoms with Crippen LogP contribution >= 0.6 is 11.6 Å². The third kappa shape index (κ3) is 2.02. The lowest BCUT2D eigenvalue weighted by molar-refractivity contribution is -0.115. The lowest BCUT2D eigenvalue weighted by Gasteiger charge is -2.34. The maximum absolute atomic E-state index is 12.3. The number of halogens is 1. The number of rotatable bonds is 2. The van der Waals surface area contributed by atoms with E-state index >= 15 is 0 Å². The van der Waals surface area contributed by atoms with E-state index in [-0.39, 0.29) is 35.3 Å². The second kappa shape index (κ2) is 4.17. The molecule has 1 amide bonds. The van der Waals surface area contributed by atoms with Crippen molar-refractivity contribution in [1.82, 2.24) is 4.31 Å². The van der Waals surface area contributed by atoms with Crippen LogP contribution in [0.5, 0.6) is 0 Å². The summed E-state index contributed by atoms with van der Waals surface area (Å²) in [6.07, 6.45) is -0.469. The number of carbonyl (C=O) groups excluding carboxylic acids is 1. The highest BCUT2D eigenvalue weighted by atomic mass is 35.5. The Morgan fingerprint density at radius 1 is 1.37 bits per heavy atom. The van der Waals surface area contributed by atoms with Crippen LogP contribution in [-0.4, -0.2) is 42.9 Å². The summed E-state index contributed by atoms with van der Waals surface area (Å²) in [7, 11) is -3.70. The van der Waals surface area contributed by atoms with E-state index in [0.717, 1.165) is 4.31 Å². The van der Waals surface area contributed by atoms with Gasteiger partial charge in [0.1, 0.15) is 4.90 Å². The third-order valence-corrected chi connectivity index (χ3v) is 5.53. The molecule has 8 heteroatoms. The number of amides is 1. The molecule has 6 nitrogen and oxygen atoms in total. The van der Waals surface area contributed by atoms with E-state index in [9.17, 15) is 18.3 Å². The van der Waals surface area contributed by atoms with E-state index in [0.29, 0.717) is 11.3 Å². The summed E-state index contributed by atoms with van der Waals surface area (Å²) in [6.45, 7) is 0.153. The predicted octanol–water partition coefficient (Wildman–Crippen LogP) is 0.200. The standard InChI is InChI=1S/C11H11ClN2O4S/c12-8-3-9-6(2-11(16)13-9)1-10(8)19(17,18)14-4-7(15)5-14/h1,3,7,15H,2,4-5H2,(H,13,16). The van der Waals surface area contributed by atoms with Crippen LogP contribution in [-0.2, 0) is 21.2 Å². The zero-order valence-electron chi connectivity index (χ0n) is 9.76. The van der Waals surface area contributed by atoms with Crippen LogP contribution in [0.25, 0.3) is 0 Å². The second-order valence-corrected chi connectivity index (χ2v) is 6.95. The Bertz CT molecular complexity index is 668. The van der Waals surface area contributed by atoms with Gasteiger partial charge in [0, 0.05) is 18.8 Å². The van der Waals surface area contributed by atoms with E-state index in [1.54, 1.807) is 0 Å². The number of fused-ring (bicyclic) bond motifs is 1. The molecule has 1 aromatic rings. The van der Waals surface area contributed by atoms with E-state index in [2.05, 4.69) is 5.32 Å². The molecule has 1 fully saturated rings. The van der Waals surface area contributed by atoms with Crippen molar-refractivity contribution >= 4 is 33.2 Å². The van der Waals surface area contributed by atoms with Crippen LogP contribution in [0.15, 0.2) is 17.0 Å². The van der Waals surface area contributed by atoms with Crippen LogP contribution in [0, 0.1) is 0 Å². The molecule has 0 saturated carbocycles. The summed E-state index contributed by atoms with van der Waals surface area (Å²) in [5.74, 6) is -0.181. The summed E-state index contributed by atoms with van der Waals surface area (Å²) < 4.78 is 25.7. The molecule has 2 aliphatic rings. The molecule has 1 aromatic carbocycles. The minimum atomic E-state index is -3.70. The van der Waals surface area contributed by atoms with Crippen molar-refractivity contribution in [3.63, 3.8) is 0 Å². The minimum Gasteiger partial charge on any atom is -0.390 e. The lowest BCUT2D eigenvalue weighted by Crippen LogP contribution is -2.53. The van der Waals surface area contributed by atoms with Crippen molar-refractivity contribution in [3.05, 3.63) is 22.7 Å². The van der Waals surface area contributed by atoms with E-state index in [4.69, 9.17) is 11.6 Å². The minimum absolute atomic E-state index is 0.0173. The predicted molar refractivity (Wildman–Crippen MR) is 68.6 cm³/mol. The smallest absolute Gasteiger partial charge is 0.244 e. The van der Waals surface area contributed by atoms with Crippen molar-refractivity contribution in [2.24, 2.45) is 0 Å². The molecule has 0 aromatic heterocycles. The first-order valence-electron chi connectivity index (χ1n) is 5.68. The molecule has 0 aliphatic carbocycles. The average molecular weight is 303 g/mol. The highest BCUT2D eigenvalue weighted by Gasteiger charge is 2.37. The van der Waals surface area contributed by atoms with E-state index in [1.165, 1.54) is 12.1 Å². The first-order chi connectivity index (χ1) is 8.88. The maximum Gasteiger partial charge on any atom is 0.244 e. The lowest BCUT2D eigenvalue weighted by atomic mass is 10.2. The highest BCUT2D eigenvalue weighted by Crippen LogP contribution is 2.34. The van der Waals surface area contributed by atoms with Gasteiger partial charge in [-0.3, -0.25) is 4.79 Å². The van der Waals surface area contributed by atoms with Gasteiger partial charge in [0.05, 0.1) is 17.5 Å². The molecule has 2 N–H and O–H groups in total. The maximum atomic E-state index is 12.3. The molecule has 0 bridgehead atoms. The fourth-order valence-electron chi connectivity index (χ4n) is 2.18. The van der Waals surface area contributed by atoms with Gasteiger partial charge in [0.2, 0.25) is 15.9 Å². The number of carbonyl (C=O) groups is 1. The topological polar surface area (TPSA) is 86.7 Å². The van der Waals surface area contributed by atoms with Gasteiger partial charge in [-0.05, 0) is 17.7 Å². The number of benzene rings is 1. The monoisotopic (exact) mass is 302 g/mol. The number of aliphatic hydroxyl groups excluding tert-OH is 1. The zero-order valence-corrected chi connectivity index (χ0v) is 11.3. The number of aliphatic hydroxyl groups is 1. The summed E-state index contributed by atoms with van der Waals surface area (Å²) >= 11 is 5.98. The first kappa shape index (κ1) is 12.9. The van der Waals surface area contributed by atoms with Gasteiger partial charge >= 0.3 is 0 Å². The summed E-state index contributed by atoms with van der Waals surface area (Å²) in [4.78, 5) is 11.3. The largest absolute Gasteiger partial charge is 0.390 e. The molecular formula is C11H11ClN2O4S. The van der Waals surface area contributed by atoms with Crippen LogP contribution in [0.4, 0.5) is 5.69 Å². The number of nitrogens with one attached hydrogen (secondary N) is 1. The van der Waals surface area contributed by atoms with Gasteiger partial charge in [0.15, 0.2) is 0 Å². The molecular weight excluding hydrogens is 292 g/mol. The van der Waals surface area contributed by atoms with Crippen molar-refractivity contribution in [2.45, 2.75) is 17.4 Å². The van der Waals surface area contributed by atoms with Gasteiger partial charge in [-0.25, -0.2) is 8.42 Å². The van der Waals surface area contributed by atoms with Gasteiger partial charge in [-0.1, -0.05) is 11.6 Å². The Balaban J connectivity index is 2.02. The number of anilines is 1. The molecule has 0 radical (unpaired) electrons. The number of β-amino-alcohol motifs (C(OH)–C–C–N with tert-alkyl or cyclic N) is 1. The Hall–Kier alpha value is -1.15. The summed E-state index contributed by atoms with van der Waals surface area (Å²) in [5, 5.41) is 11.9. The molecule has 3 rings (SSSR count). The molecule has 19 heavy (non-hydrogen) atoms. The quantitative estimate of drug-likeness (QED) is 0.817. The number of nitrogens with zero attached hydrogens (tertiary/aromatic N) is 1. The highest BCUT2D eigenvalue weighted by molar-refractivity contribution is 7.89. The Kier molecular flexibility index (Phi) is 2.82. The van der Waals surface area contributed by atoms with Crippen molar-refractivity contribution in [3.8, 4) is 0 Å². The van der Waals surface area contributed by atoms with E-state index < -0.39 is 16.1 Å². The molecule has 2 heterocycles. The molecule has 1 saturated heterocycles. The fourth-order valence-corrected chi connectivity index (χ4v) is 4.24. The molecule has 0 atom stereocenters. The van der Waals surface area contributed by atoms with Crippen molar-refractivity contribution < 1.29 is 18.3 Å². The van der Waals surface area contributed by atoms with Crippen LogP contribution in [0.1, 0.15) is 5.56 Å². The van der Waals surface area contributed by atoms with Gasteiger partial charge in [0.25, 0.3) is 0 Å². The Labute approximate surface area is 115 Å². The van der Waals surface area contributed by atoms with Gasteiger partial charge in [-0.2, -0.15) is 4.31 Å². The van der Waals surface area contributed by atoms with Crippen LogP contribution in [0.3, 0.4) is 0 Å². The normalized spacial score (nSPS) is 20.0. The van der Waals surface area contributed by atoms with Crippen LogP contribution < -0.4 is 5.32 Å². The fraction of sp³-hybridized carbons (Fsp3) is 0.364. The van der Waals surface area contributed by atoms with Crippen molar-refractivity contribution in [2.75, 3.05) is 18.4 Å². The molecule has 0 unspecified atom stereocenters. The Morgan fingerprint density at radius 2 is 2.05 bits per heavy atom. The van der Waals surface area contributed by atoms with Gasteiger partial charge < -0.3 is 10.4 Å². The number of sulfonamides is 1. The molecule has 0 spiro atoms. The Morgan fingerprint density at radius 3 is 2.68 bits per heavy atom. The second-order valence-electron chi connectivity index (χ2n) is 4.64. The molecule has 102 valence electrons. The average Bonchev–Trinajstić information content (AvgIpc) is 2.62. The summed E-state index contributed by atoms with van der Waals surface area (Å²) in [6, 6.07) is 2.88. The third-order valence-electron chi connectivity index (χ3n) is 3.23. The molecule has 2 aliphatic heterocycles. The van der Waals surface area contributed by atoms with Gasteiger partial charge in [-0.15, -0.1) is 0 Å². The first-order valence-corrected chi connectivity index (χ1v) is 7.50. The van der Waals surface area contributed by atoms with Crippen LogP contribution in [0.2, 0.25) is 5.02 Å². The number of hydrogen-bond donors (Lipinski definition) is 2. The van der Waals surface area contributed by atoms with E-state index in [1.807, 2.05) is 0 Å². The SMILES string of the molecule is O=C1Cc2cc(S(=O)(=O)N3CC(O)C3)c(Cl)cc2N1. The zero-order chi connectivity index (χ0) is 13.8.